The molecule has 130 valence electrons. The van der Waals surface area contributed by atoms with Crippen LogP contribution in [-0.2, 0) is 16.0 Å². The monoisotopic (exact) mass is 356 g/mol. The molecule has 0 spiro atoms. The van der Waals surface area contributed by atoms with Gasteiger partial charge in [-0.3, -0.25) is 9.59 Å². The predicted octanol–water partition coefficient (Wildman–Crippen LogP) is 3.58. The van der Waals surface area contributed by atoms with Crippen LogP contribution in [0.4, 0.5) is 5.69 Å². The number of carbonyl (C=O) groups excluding carboxylic acids is 2. The number of halogens is 1. The van der Waals surface area contributed by atoms with Crippen LogP contribution in [0.25, 0.3) is 0 Å². The smallest absolute Gasteiger partial charge is 0.228 e. The summed E-state index contributed by atoms with van der Waals surface area (Å²) in [5.41, 5.74) is 2.99. The molecule has 2 aromatic carbocycles. The topological polar surface area (TPSA) is 58.2 Å². The van der Waals surface area contributed by atoms with Crippen LogP contribution < -0.4 is 10.6 Å². The van der Waals surface area contributed by atoms with Gasteiger partial charge in [0.25, 0.3) is 0 Å². The maximum absolute atomic E-state index is 12.2. The fraction of sp³-hybridized carbons (Fsp3) is 0.300. The lowest BCUT2D eigenvalue weighted by atomic mass is 10.1. The van der Waals surface area contributed by atoms with Gasteiger partial charge < -0.3 is 10.6 Å². The molecule has 0 aromatic heterocycles. The SMILES string of the molecule is Cc1ccc(NC(=O)C2CC2C(=O)NCCc2cccc(Cl)c2)cc1. The van der Waals surface area contributed by atoms with Crippen molar-refractivity contribution in [1.82, 2.24) is 5.32 Å². The number of amides is 2. The zero-order chi connectivity index (χ0) is 17.8. The van der Waals surface area contributed by atoms with E-state index in [1.807, 2.05) is 55.5 Å². The van der Waals surface area contributed by atoms with E-state index in [0.29, 0.717) is 18.0 Å². The van der Waals surface area contributed by atoms with Crippen molar-refractivity contribution in [2.75, 3.05) is 11.9 Å². The zero-order valence-corrected chi connectivity index (χ0v) is 14.8. The van der Waals surface area contributed by atoms with Gasteiger partial charge in [-0.2, -0.15) is 0 Å². The highest BCUT2D eigenvalue weighted by atomic mass is 35.5. The molecule has 3 rings (SSSR count). The molecule has 2 amide bonds. The second kappa shape index (κ2) is 7.70. The Morgan fingerprint density at radius 2 is 1.80 bits per heavy atom. The van der Waals surface area contributed by atoms with E-state index in [9.17, 15) is 9.59 Å². The van der Waals surface area contributed by atoms with Crippen LogP contribution in [0.2, 0.25) is 5.02 Å². The van der Waals surface area contributed by atoms with Crippen LogP contribution in [0.5, 0.6) is 0 Å². The summed E-state index contributed by atoms with van der Waals surface area (Å²) in [4.78, 5) is 24.4. The molecule has 0 saturated heterocycles. The standard InChI is InChI=1S/C20H21ClN2O2/c1-13-5-7-16(8-6-13)23-20(25)18-12-17(18)19(24)22-10-9-14-3-2-4-15(21)11-14/h2-8,11,17-18H,9-10,12H2,1H3,(H,22,24)(H,23,25). The summed E-state index contributed by atoms with van der Waals surface area (Å²) in [6, 6.07) is 15.2. The fourth-order valence-corrected chi connectivity index (χ4v) is 3.01. The molecule has 2 atom stereocenters. The predicted molar refractivity (Wildman–Crippen MR) is 99.6 cm³/mol. The van der Waals surface area contributed by atoms with Crippen molar-refractivity contribution in [2.24, 2.45) is 11.8 Å². The van der Waals surface area contributed by atoms with Crippen molar-refractivity contribution in [3.8, 4) is 0 Å². The van der Waals surface area contributed by atoms with E-state index in [4.69, 9.17) is 11.6 Å². The molecule has 4 nitrogen and oxygen atoms in total. The Morgan fingerprint density at radius 1 is 1.08 bits per heavy atom. The molecule has 5 heteroatoms. The number of carbonyl (C=O) groups is 2. The lowest BCUT2D eigenvalue weighted by molar-refractivity contribution is -0.125. The summed E-state index contributed by atoms with van der Waals surface area (Å²) >= 11 is 5.94. The maximum atomic E-state index is 12.2. The molecule has 2 aromatic rings. The minimum Gasteiger partial charge on any atom is -0.356 e. The van der Waals surface area contributed by atoms with Crippen LogP contribution >= 0.6 is 11.6 Å². The first kappa shape index (κ1) is 17.5. The number of benzene rings is 2. The molecule has 0 radical (unpaired) electrons. The third-order valence-electron chi connectivity index (χ3n) is 4.39. The first-order chi connectivity index (χ1) is 12.0. The van der Waals surface area contributed by atoms with Crippen molar-refractivity contribution < 1.29 is 9.59 Å². The Hall–Kier alpha value is -2.33. The second-order valence-corrected chi connectivity index (χ2v) is 6.91. The van der Waals surface area contributed by atoms with Crippen molar-refractivity contribution >= 4 is 29.1 Å². The Balaban J connectivity index is 1.42. The summed E-state index contributed by atoms with van der Waals surface area (Å²) in [6.07, 6.45) is 1.33. The van der Waals surface area contributed by atoms with Crippen molar-refractivity contribution in [2.45, 2.75) is 19.8 Å². The summed E-state index contributed by atoms with van der Waals surface area (Å²) in [5.74, 6) is -0.581. The Labute approximate surface area is 152 Å². The number of nitrogens with one attached hydrogen (secondary N) is 2. The number of aryl methyl sites for hydroxylation is 1. The summed E-state index contributed by atoms with van der Waals surface area (Å²) in [5, 5.41) is 6.47. The summed E-state index contributed by atoms with van der Waals surface area (Å²) in [7, 11) is 0. The lowest BCUT2D eigenvalue weighted by Gasteiger charge is -2.07. The number of hydrogen-bond acceptors (Lipinski definition) is 2. The lowest BCUT2D eigenvalue weighted by Crippen LogP contribution is -2.29. The number of rotatable bonds is 6. The van der Waals surface area contributed by atoms with Crippen LogP contribution in [0.1, 0.15) is 17.5 Å². The highest BCUT2D eigenvalue weighted by Gasteiger charge is 2.47. The maximum Gasteiger partial charge on any atom is 0.228 e. The van der Waals surface area contributed by atoms with Crippen LogP contribution in [-0.4, -0.2) is 18.4 Å². The quantitative estimate of drug-likeness (QED) is 0.831. The molecule has 2 N–H and O–H groups in total. The average Bonchev–Trinajstić information content (AvgIpc) is 3.38. The van der Waals surface area contributed by atoms with Crippen LogP contribution in [0, 0.1) is 18.8 Å². The van der Waals surface area contributed by atoms with Crippen molar-refractivity contribution in [1.29, 1.82) is 0 Å². The van der Waals surface area contributed by atoms with Gasteiger partial charge in [0.1, 0.15) is 0 Å². The molecule has 1 aliphatic carbocycles. The van der Waals surface area contributed by atoms with Crippen molar-refractivity contribution in [3.63, 3.8) is 0 Å². The van der Waals surface area contributed by atoms with E-state index in [2.05, 4.69) is 10.6 Å². The van der Waals surface area contributed by atoms with Crippen LogP contribution in [0.15, 0.2) is 48.5 Å². The Morgan fingerprint density at radius 3 is 2.52 bits per heavy atom. The van der Waals surface area contributed by atoms with Gasteiger partial charge in [-0.25, -0.2) is 0 Å². The van der Waals surface area contributed by atoms with Gasteiger partial charge in [0.05, 0.1) is 11.8 Å². The van der Waals surface area contributed by atoms with E-state index >= 15 is 0 Å². The van der Waals surface area contributed by atoms with Gasteiger partial charge in [-0.15, -0.1) is 0 Å². The highest BCUT2D eigenvalue weighted by Crippen LogP contribution is 2.39. The van der Waals surface area contributed by atoms with Crippen LogP contribution in [0.3, 0.4) is 0 Å². The fourth-order valence-electron chi connectivity index (χ4n) is 2.80. The molecule has 0 heterocycles. The molecule has 1 fully saturated rings. The van der Waals surface area contributed by atoms with Gasteiger partial charge in [-0.1, -0.05) is 41.4 Å². The number of anilines is 1. The van der Waals surface area contributed by atoms with E-state index < -0.39 is 0 Å². The van der Waals surface area contributed by atoms with Gasteiger partial charge in [0.2, 0.25) is 11.8 Å². The zero-order valence-electron chi connectivity index (χ0n) is 14.1. The minimum atomic E-state index is -0.229. The highest BCUT2D eigenvalue weighted by molar-refractivity contribution is 6.30. The Kier molecular flexibility index (Phi) is 5.39. The van der Waals surface area contributed by atoms with Gasteiger partial charge in [0.15, 0.2) is 0 Å². The van der Waals surface area contributed by atoms with E-state index in [1.165, 1.54) is 0 Å². The second-order valence-electron chi connectivity index (χ2n) is 6.47. The molecule has 0 aliphatic heterocycles. The molecule has 2 unspecified atom stereocenters. The average molecular weight is 357 g/mol. The first-order valence-electron chi connectivity index (χ1n) is 8.42. The molecule has 1 aliphatic rings. The van der Waals surface area contributed by atoms with Gasteiger partial charge >= 0.3 is 0 Å². The minimum absolute atomic E-state index is 0.0499. The van der Waals surface area contributed by atoms with E-state index in [1.54, 1.807) is 0 Å². The van der Waals surface area contributed by atoms with E-state index in [0.717, 1.165) is 23.2 Å². The third-order valence-corrected chi connectivity index (χ3v) is 4.62. The summed E-state index contributed by atoms with van der Waals surface area (Å²) in [6.45, 7) is 2.54. The summed E-state index contributed by atoms with van der Waals surface area (Å²) < 4.78 is 0. The molecular weight excluding hydrogens is 336 g/mol. The first-order valence-corrected chi connectivity index (χ1v) is 8.80. The molecular formula is C20H21ClN2O2. The van der Waals surface area contributed by atoms with Gasteiger partial charge in [0, 0.05) is 17.3 Å². The third kappa shape index (κ3) is 4.83. The largest absolute Gasteiger partial charge is 0.356 e. The normalized spacial score (nSPS) is 18.5. The molecule has 1 saturated carbocycles. The molecule has 0 bridgehead atoms. The Bertz CT molecular complexity index is 774. The molecule has 25 heavy (non-hydrogen) atoms. The van der Waals surface area contributed by atoms with Gasteiger partial charge in [-0.05, 0) is 49.6 Å². The number of hydrogen-bond donors (Lipinski definition) is 2. The van der Waals surface area contributed by atoms with Crippen molar-refractivity contribution in [3.05, 3.63) is 64.7 Å². The van der Waals surface area contributed by atoms with E-state index in [-0.39, 0.29) is 23.7 Å².